The number of nitrogens with zero attached hydrogens (tertiary/aromatic N) is 3. The van der Waals surface area contributed by atoms with E-state index in [0.717, 1.165) is 19.3 Å². The molecule has 0 aromatic carbocycles. The third kappa shape index (κ3) is 4.62. The summed E-state index contributed by atoms with van der Waals surface area (Å²) in [5.41, 5.74) is 0.546. The first-order valence-electron chi connectivity index (χ1n) is 9.45. The molecule has 3 rings (SSSR count). The number of aromatic nitrogens is 2. The fourth-order valence-corrected chi connectivity index (χ4v) is 3.68. The number of likely N-dealkylation sites (tertiary alicyclic amines) is 1. The summed E-state index contributed by atoms with van der Waals surface area (Å²) in [6, 6.07) is 0.281. The number of carbonyl (C=O) groups excluding carboxylic acids is 3. The van der Waals surface area contributed by atoms with E-state index in [-0.39, 0.29) is 42.6 Å². The minimum Gasteiger partial charge on any atom is -0.352 e. The summed E-state index contributed by atoms with van der Waals surface area (Å²) >= 11 is 0. The van der Waals surface area contributed by atoms with Gasteiger partial charge in [0.05, 0.1) is 17.8 Å². The van der Waals surface area contributed by atoms with Crippen LogP contribution in [0.5, 0.6) is 0 Å². The molecule has 2 aliphatic rings. The smallest absolute Gasteiger partial charge is 0.241 e. The minimum absolute atomic E-state index is 0.0336. The van der Waals surface area contributed by atoms with Crippen LogP contribution in [-0.2, 0) is 20.9 Å². The Balaban J connectivity index is 1.48. The number of rotatable bonds is 7. The molecule has 2 heterocycles. The number of carbonyl (C=O) groups is 3. The Bertz CT molecular complexity index is 666. The summed E-state index contributed by atoms with van der Waals surface area (Å²) in [7, 11) is 0. The van der Waals surface area contributed by atoms with Crippen LogP contribution in [0.25, 0.3) is 0 Å². The van der Waals surface area contributed by atoms with Crippen LogP contribution in [0.15, 0.2) is 12.4 Å². The molecular formula is C18H27N5O3. The van der Waals surface area contributed by atoms with Gasteiger partial charge in [0, 0.05) is 31.7 Å². The van der Waals surface area contributed by atoms with Gasteiger partial charge in [0.2, 0.25) is 17.7 Å². The SMILES string of the molecule is CCCN1C[C@H](C(=O)Nc2cnn(CC(=O)NC3CCCC3)c2)CC1=O. The summed E-state index contributed by atoms with van der Waals surface area (Å²) in [6.07, 6.45) is 8.74. The molecule has 8 nitrogen and oxygen atoms in total. The van der Waals surface area contributed by atoms with Crippen molar-refractivity contribution in [2.24, 2.45) is 5.92 Å². The molecule has 0 bridgehead atoms. The highest BCUT2D eigenvalue weighted by Gasteiger charge is 2.33. The fourth-order valence-electron chi connectivity index (χ4n) is 3.68. The molecule has 1 aromatic heterocycles. The van der Waals surface area contributed by atoms with E-state index in [2.05, 4.69) is 15.7 Å². The predicted molar refractivity (Wildman–Crippen MR) is 96.2 cm³/mol. The predicted octanol–water partition coefficient (Wildman–Crippen LogP) is 1.14. The highest BCUT2D eigenvalue weighted by atomic mass is 16.2. The highest BCUT2D eigenvalue weighted by Crippen LogP contribution is 2.20. The van der Waals surface area contributed by atoms with Crippen LogP contribution >= 0.6 is 0 Å². The molecule has 2 fully saturated rings. The van der Waals surface area contributed by atoms with Gasteiger partial charge in [-0.15, -0.1) is 0 Å². The first kappa shape index (κ1) is 18.4. The van der Waals surface area contributed by atoms with Crippen LogP contribution in [0.2, 0.25) is 0 Å². The summed E-state index contributed by atoms with van der Waals surface area (Å²) in [5, 5.41) is 9.95. The normalized spacial score (nSPS) is 20.6. The average Bonchev–Trinajstić information content (AvgIpc) is 3.31. The van der Waals surface area contributed by atoms with Crippen molar-refractivity contribution in [1.29, 1.82) is 0 Å². The molecule has 0 unspecified atom stereocenters. The molecule has 1 aromatic rings. The van der Waals surface area contributed by atoms with Gasteiger partial charge in [0.15, 0.2) is 0 Å². The quantitative estimate of drug-likeness (QED) is 0.761. The maximum atomic E-state index is 12.4. The van der Waals surface area contributed by atoms with Gasteiger partial charge in [0.25, 0.3) is 0 Å². The number of amides is 3. The summed E-state index contributed by atoms with van der Waals surface area (Å²) in [4.78, 5) is 38.0. The maximum absolute atomic E-state index is 12.4. The lowest BCUT2D eigenvalue weighted by Gasteiger charge is -2.14. The van der Waals surface area contributed by atoms with Gasteiger partial charge in [-0.1, -0.05) is 19.8 Å². The van der Waals surface area contributed by atoms with E-state index in [1.165, 1.54) is 23.7 Å². The second-order valence-electron chi connectivity index (χ2n) is 7.21. The molecule has 1 aliphatic heterocycles. The van der Waals surface area contributed by atoms with Gasteiger partial charge in [-0.05, 0) is 19.3 Å². The third-order valence-corrected chi connectivity index (χ3v) is 5.01. The van der Waals surface area contributed by atoms with Crippen LogP contribution < -0.4 is 10.6 Å². The zero-order chi connectivity index (χ0) is 18.5. The van der Waals surface area contributed by atoms with E-state index in [0.29, 0.717) is 18.8 Å². The Morgan fingerprint density at radius 2 is 2.08 bits per heavy atom. The number of anilines is 1. The van der Waals surface area contributed by atoms with Gasteiger partial charge in [-0.3, -0.25) is 19.1 Å². The first-order chi connectivity index (χ1) is 12.5. The van der Waals surface area contributed by atoms with Gasteiger partial charge >= 0.3 is 0 Å². The molecule has 3 amide bonds. The zero-order valence-corrected chi connectivity index (χ0v) is 15.2. The van der Waals surface area contributed by atoms with E-state index in [1.807, 2.05) is 6.92 Å². The van der Waals surface area contributed by atoms with Gasteiger partial charge in [-0.2, -0.15) is 5.10 Å². The van der Waals surface area contributed by atoms with Crippen molar-refractivity contribution in [1.82, 2.24) is 20.0 Å². The maximum Gasteiger partial charge on any atom is 0.241 e. The molecule has 1 saturated heterocycles. The number of hydrogen-bond donors (Lipinski definition) is 2. The molecule has 1 saturated carbocycles. The van der Waals surface area contributed by atoms with Gasteiger partial charge < -0.3 is 15.5 Å². The summed E-state index contributed by atoms with van der Waals surface area (Å²) in [6.45, 7) is 3.31. The van der Waals surface area contributed by atoms with E-state index in [1.54, 1.807) is 11.1 Å². The van der Waals surface area contributed by atoms with E-state index < -0.39 is 0 Å². The minimum atomic E-state index is -0.330. The Morgan fingerprint density at radius 3 is 2.81 bits per heavy atom. The van der Waals surface area contributed by atoms with Crippen molar-refractivity contribution in [2.45, 2.75) is 58.0 Å². The first-order valence-corrected chi connectivity index (χ1v) is 9.45. The lowest BCUT2D eigenvalue weighted by atomic mass is 10.1. The molecule has 2 N–H and O–H groups in total. The number of nitrogens with one attached hydrogen (secondary N) is 2. The van der Waals surface area contributed by atoms with Gasteiger partial charge in [0.1, 0.15) is 6.54 Å². The van der Waals surface area contributed by atoms with Crippen LogP contribution in [-0.4, -0.2) is 51.5 Å². The van der Waals surface area contributed by atoms with Crippen molar-refractivity contribution in [3.05, 3.63) is 12.4 Å². The Labute approximate surface area is 153 Å². The van der Waals surface area contributed by atoms with Crippen LogP contribution in [0.1, 0.15) is 45.4 Å². The van der Waals surface area contributed by atoms with Crippen LogP contribution in [0, 0.1) is 5.92 Å². The van der Waals surface area contributed by atoms with Crippen LogP contribution in [0.4, 0.5) is 5.69 Å². The topological polar surface area (TPSA) is 96.3 Å². The third-order valence-electron chi connectivity index (χ3n) is 5.01. The van der Waals surface area contributed by atoms with Gasteiger partial charge in [-0.25, -0.2) is 0 Å². The standard InChI is InChI=1S/C18H27N5O3/c1-2-7-22-10-13(8-17(22)25)18(26)21-15-9-19-23(11-15)12-16(24)20-14-5-3-4-6-14/h9,11,13-14H,2-8,10,12H2,1H3,(H,20,24)(H,21,26)/t13-/m1/s1. The fraction of sp³-hybridized carbons (Fsp3) is 0.667. The van der Waals surface area contributed by atoms with E-state index in [4.69, 9.17) is 0 Å². The van der Waals surface area contributed by atoms with Crippen molar-refractivity contribution < 1.29 is 14.4 Å². The molecule has 0 radical (unpaired) electrons. The highest BCUT2D eigenvalue weighted by molar-refractivity contribution is 5.97. The van der Waals surface area contributed by atoms with Crippen molar-refractivity contribution in [3.8, 4) is 0 Å². The molecule has 1 aliphatic carbocycles. The van der Waals surface area contributed by atoms with E-state index >= 15 is 0 Å². The Kier molecular flexibility index (Phi) is 5.90. The molecule has 26 heavy (non-hydrogen) atoms. The summed E-state index contributed by atoms with van der Waals surface area (Å²) < 4.78 is 1.52. The molecule has 8 heteroatoms. The molecule has 1 atom stereocenters. The van der Waals surface area contributed by atoms with Crippen molar-refractivity contribution in [3.63, 3.8) is 0 Å². The zero-order valence-electron chi connectivity index (χ0n) is 15.2. The monoisotopic (exact) mass is 361 g/mol. The molecular weight excluding hydrogens is 334 g/mol. The second kappa shape index (κ2) is 8.33. The average molecular weight is 361 g/mol. The van der Waals surface area contributed by atoms with Crippen molar-refractivity contribution >= 4 is 23.4 Å². The van der Waals surface area contributed by atoms with Crippen molar-refractivity contribution in [2.75, 3.05) is 18.4 Å². The second-order valence-corrected chi connectivity index (χ2v) is 7.21. The lowest BCUT2D eigenvalue weighted by Crippen LogP contribution is -2.35. The number of hydrogen-bond acceptors (Lipinski definition) is 4. The Morgan fingerprint density at radius 1 is 1.31 bits per heavy atom. The Hall–Kier alpha value is -2.38. The van der Waals surface area contributed by atoms with E-state index in [9.17, 15) is 14.4 Å². The van der Waals surface area contributed by atoms with Crippen LogP contribution in [0.3, 0.4) is 0 Å². The summed E-state index contributed by atoms with van der Waals surface area (Å²) in [5.74, 6) is -0.532. The molecule has 0 spiro atoms. The lowest BCUT2D eigenvalue weighted by molar-refractivity contribution is -0.128. The molecule has 142 valence electrons. The largest absolute Gasteiger partial charge is 0.352 e.